The number of carbonyl (C=O) groups excluding carboxylic acids is 2. The predicted molar refractivity (Wildman–Crippen MR) is 77.8 cm³/mol. The van der Waals surface area contributed by atoms with E-state index in [0.29, 0.717) is 10.6 Å². The Labute approximate surface area is 120 Å². The molecule has 0 fully saturated rings. The van der Waals surface area contributed by atoms with Gasteiger partial charge in [0, 0.05) is 30.3 Å². The number of hydrogen-bond acceptors (Lipinski definition) is 5. The second kappa shape index (κ2) is 6.29. The zero-order chi connectivity index (χ0) is 14.5. The van der Waals surface area contributed by atoms with Gasteiger partial charge in [-0.15, -0.1) is 11.3 Å². The predicted octanol–water partition coefficient (Wildman–Crippen LogP) is 2.95. The summed E-state index contributed by atoms with van der Waals surface area (Å²) in [5, 5.41) is 4.99. The summed E-state index contributed by atoms with van der Waals surface area (Å²) in [4.78, 5) is 27.3. The van der Waals surface area contributed by atoms with E-state index in [1.54, 1.807) is 19.3 Å². The number of nitrogens with zero attached hydrogens (tertiary/aromatic N) is 1. The summed E-state index contributed by atoms with van der Waals surface area (Å²) in [7, 11) is 0. The minimum absolute atomic E-state index is 0.223. The number of esters is 1. The fourth-order valence-electron chi connectivity index (χ4n) is 1.76. The van der Waals surface area contributed by atoms with E-state index in [1.165, 1.54) is 18.3 Å². The van der Waals surface area contributed by atoms with E-state index in [-0.39, 0.29) is 12.5 Å². The van der Waals surface area contributed by atoms with Gasteiger partial charge in [0.05, 0.1) is 6.61 Å². The Morgan fingerprint density at radius 2 is 2.05 bits per heavy atom. The number of ether oxygens (including phenoxy) is 1. The SMILES string of the molecule is CCOC(=O)c1c(-c2ccncc2)csc1NC(C)=O. The zero-order valence-electron chi connectivity index (χ0n) is 11.2. The minimum atomic E-state index is -0.440. The highest BCUT2D eigenvalue weighted by atomic mass is 32.1. The van der Waals surface area contributed by atoms with Gasteiger partial charge >= 0.3 is 5.97 Å². The molecule has 0 unspecified atom stereocenters. The lowest BCUT2D eigenvalue weighted by Crippen LogP contribution is -2.11. The zero-order valence-corrected chi connectivity index (χ0v) is 12.0. The molecule has 0 aliphatic rings. The lowest BCUT2D eigenvalue weighted by atomic mass is 10.1. The Morgan fingerprint density at radius 3 is 2.65 bits per heavy atom. The summed E-state index contributed by atoms with van der Waals surface area (Å²) in [5.41, 5.74) is 1.98. The number of amides is 1. The van der Waals surface area contributed by atoms with Crippen LogP contribution in [0.25, 0.3) is 11.1 Å². The van der Waals surface area contributed by atoms with Crippen molar-refractivity contribution in [1.29, 1.82) is 0 Å². The van der Waals surface area contributed by atoms with Crippen molar-refractivity contribution in [3.63, 3.8) is 0 Å². The maximum atomic E-state index is 12.1. The van der Waals surface area contributed by atoms with Crippen LogP contribution in [0.5, 0.6) is 0 Å². The van der Waals surface area contributed by atoms with Crippen LogP contribution >= 0.6 is 11.3 Å². The monoisotopic (exact) mass is 290 g/mol. The van der Waals surface area contributed by atoms with Crippen LogP contribution in [-0.4, -0.2) is 23.5 Å². The molecule has 0 aromatic carbocycles. The second-order valence-electron chi connectivity index (χ2n) is 3.99. The number of carbonyl (C=O) groups is 2. The van der Waals surface area contributed by atoms with Crippen LogP contribution in [0.3, 0.4) is 0 Å². The van der Waals surface area contributed by atoms with Gasteiger partial charge in [0.15, 0.2) is 0 Å². The highest BCUT2D eigenvalue weighted by molar-refractivity contribution is 7.15. The van der Waals surface area contributed by atoms with Crippen LogP contribution < -0.4 is 5.32 Å². The van der Waals surface area contributed by atoms with Crippen LogP contribution in [-0.2, 0) is 9.53 Å². The van der Waals surface area contributed by atoms with Crippen molar-refractivity contribution in [1.82, 2.24) is 4.98 Å². The van der Waals surface area contributed by atoms with Gasteiger partial charge in [-0.1, -0.05) is 0 Å². The fourth-order valence-corrected chi connectivity index (χ4v) is 2.76. The molecule has 0 spiro atoms. The highest BCUT2D eigenvalue weighted by Gasteiger charge is 2.21. The topological polar surface area (TPSA) is 68.3 Å². The van der Waals surface area contributed by atoms with Crippen LogP contribution in [0.4, 0.5) is 5.00 Å². The van der Waals surface area contributed by atoms with E-state index in [2.05, 4.69) is 10.3 Å². The Balaban J connectivity index is 2.49. The van der Waals surface area contributed by atoms with Crippen molar-refractivity contribution >= 4 is 28.2 Å². The van der Waals surface area contributed by atoms with Crippen molar-refractivity contribution in [3.8, 4) is 11.1 Å². The molecule has 6 heteroatoms. The molecule has 0 radical (unpaired) electrons. The Morgan fingerprint density at radius 1 is 1.35 bits per heavy atom. The molecule has 2 heterocycles. The molecule has 2 rings (SSSR count). The molecule has 2 aromatic heterocycles. The molecule has 0 aliphatic carbocycles. The first kappa shape index (κ1) is 14.2. The number of aromatic nitrogens is 1. The van der Waals surface area contributed by atoms with Crippen LogP contribution in [0, 0.1) is 0 Å². The molecule has 1 amide bonds. The minimum Gasteiger partial charge on any atom is -0.462 e. The van der Waals surface area contributed by atoms with Gasteiger partial charge in [-0.2, -0.15) is 0 Å². The molecule has 104 valence electrons. The summed E-state index contributed by atoms with van der Waals surface area (Å²) >= 11 is 1.30. The number of pyridine rings is 1. The summed E-state index contributed by atoms with van der Waals surface area (Å²) in [6, 6.07) is 3.62. The van der Waals surface area contributed by atoms with E-state index >= 15 is 0 Å². The Bertz CT molecular complexity index is 623. The third kappa shape index (κ3) is 3.03. The first-order valence-electron chi connectivity index (χ1n) is 6.10. The highest BCUT2D eigenvalue weighted by Crippen LogP contribution is 2.35. The van der Waals surface area contributed by atoms with Crippen molar-refractivity contribution < 1.29 is 14.3 Å². The summed E-state index contributed by atoms with van der Waals surface area (Å²) in [6.45, 7) is 3.43. The third-order valence-electron chi connectivity index (χ3n) is 2.55. The van der Waals surface area contributed by atoms with Gasteiger partial charge in [0.25, 0.3) is 0 Å². The number of hydrogen-bond donors (Lipinski definition) is 1. The second-order valence-corrected chi connectivity index (χ2v) is 4.87. The fraction of sp³-hybridized carbons (Fsp3) is 0.214. The van der Waals surface area contributed by atoms with E-state index in [4.69, 9.17) is 4.74 Å². The molecular formula is C14H14N2O3S. The number of anilines is 1. The third-order valence-corrected chi connectivity index (χ3v) is 3.45. The van der Waals surface area contributed by atoms with Gasteiger partial charge in [0.2, 0.25) is 5.91 Å². The molecular weight excluding hydrogens is 276 g/mol. The first-order valence-corrected chi connectivity index (χ1v) is 6.98. The standard InChI is InChI=1S/C14H14N2O3S/c1-3-19-14(18)12-11(10-4-6-15-7-5-10)8-20-13(12)16-9(2)17/h4-8H,3H2,1-2H3,(H,16,17). The van der Waals surface area contributed by atoms with Crippen LogP contribution in [0.1, 0.15) is 24.2 Å². The van der Waals surface area contributed by atoms with E-state index in [9.17, 15) is 9.59 Å². The van der Waals surface area contributed by atoms with Crippen LogP contribution in [0.2, 0.25) is 0 Å². The van der Waals surface area contributed by atoms with Crippen molar-refractivity contribution in [3.05, 3.63) is 35.5 Å². The van der Waals surface area contributed by atoms with E-state index in [0.717, 1.165) is 11.1 Å². The van der Waals surface area contributed by atoms with Gasteiger partial charge in [-0.05, 0) is 24.6 Å². The molecule has 0 aliphatic heterocycles. The summed E-state index contributed by atoms with van der Waals surface area (Å²) < 4.78 is 5.07. The average molecular weight is 290 g/mol. The van der Waals surface area contributed by atoms with Gasteiger partial charge < -0.3 is 10.1 Å². The van der Waals surface area contributed by atoms with Gasteiger partial charge in [0.1, 0.15) is 10.6 Å². The molecule has 0 saturated carbocycles. The van der Waals surface area contributed by atoms with Gasteiger partial charge in [-0.3, -0.25) is 9.78 Å². The maximum absolute atomic E-state index is 12.1. The normalized spacial score (nSPS) is 10.1. The smallest absolute Gasteiger partial charge is 0.341 e. The Hall–Kier alpha value is -2.21. The van der Waals surface area contributed by atoms with Crippen molar-refractivity contribution in [2.45, 2.75) is 13.8 Å². The molecule has 0 saturated heterocycles. The van der Waals surface area contributed by atoms with E-state index in [1.807, 2.05) is 17.5 Å². The molecule has 2 aromatic rings. The molecule has 0 bridgehead atoms. The average Bonchev–Trinajstić information content (AvgIpc) is 2.83. The summed E-state index contributed by atoms with van der Waals surface area (Å²) in [6.07, 6.45) is 3.31. The molecule has 5 nitrogen and oxygen atoms in total. The quantitative estimate of drug-likeness (QED) is 0.879. The van der Waals surface area contributed by atoms with Gasteiger partial charge in [-0.25, -0.2) is 4.79 Å². The number of thiophene rings is 1. The summed E-state index contributed by atoms with van der Waals surface area (Å²) in [5.74, 6) is -0.664. The first-order chi connectivity index (χ1) is 9.63. The number of rotatable bonds is 4. The lowest BCUT2D eigenvalue weighted by Gasteiger charge is -2.07. The lowest BCUT2D eigenvalue weighted by molar-refractivity contribution is -0.114. The van der Waals surface area contributed by atoms with Crippen molar-refractivity contribution in [2.24, 2.45) is 0 Å². The Kier molecular flexibility index (Phi) is 4.47. The van der Waals surface area contributed by atoms with E-state index < -0.39 is 5.97 Å². The largest absolute Gasteiger partial charge is 0.462 e. The maximum Gasteiger partial charge on any atom is 0.341 e. The molecule has 20 heavy (non-hydrogen) atoms. The molecule has 0 atom stereocenters. The van der Waals surface area contributed by atoms with Crippen molar-refractivity contribution in [2.75, 3.05) is 11.9 Å². The number of nitrogens with one attached hydrogen (secondary N) is 1. The molecule has 1 N–H and O–H groups in total. The van der Waals surface area contributed by atoms with Crippen LogP contribution in [0.15, 0.2) is 29.9 Å².